The van der Waals surface area contributed by atoms with Crippen molar-refractivity contribution in [2.75, 3.05) is 11.9 Å². The summed E-state index contributed by atoms with van der Waals surface area (Å²) < 4.78 is 0. The van der Waals surface area contributed by atoms with Crippen molar-refractivity contribution in [3.05, 3.63) is 71.4 Å². The molecule has 1 aliphatic heterocycles. The smallest absolute Gasteiger partial charge is 0.254 e. The molecule has 8 heteroatoms. The molecule has 152 valence electrons. The van der Waals surface area contributed by atoms with Crippen LogP contribution in [-0.2, 0) is 4.79 Å². The van der Waals surface area contributed by atoms with Crippen LogP contribution in [0.15, 0.2) is 60.8 Å². The van der Waals surface area contributed by atoms with Crippen LogP contribution in [0.5, 0.6) is 0 Å². The molecule has 0 bridgehead atoms. The van der Waals surface area contributed by atoms with E-state index in [4.69, 9.17) is 17.3 Å². The maximum atomic E-state index is 12.7. The largest absolute Gasteiger partial charge is 0.368 e. The molecule has 2 amide bonds. The Labute approximate surface area is 178 Å². The predicted octanol–water partition coefficient (Wildman–Crippen LogP) is 3.63. The number of benzene rings is 2. The van der Waals surface area contributed by atoms with E-state index in [2.05, 4.69) is 15.3 Å². The van der Waals surface area contributed by atoms with Gasteiger partial charge < -0.3 is 16.0 Å². The molecule has 1 fully saturated rings. The lowest BCUT2D eigenvalue weighted by Gasteiger charge is -2.22. The molecule has 2 aromatic carbocycles. The van der Waals surface area contributed by atoms with Crippen LogP contribution >= 0.6 is 11.6 Å². The number of nitrogens with one attached hydrogen (secondary N) is 1. The van der Waals surface area contributed by atoms with Crippen LogP contribution in [-0.4, -0.2) is 39.3 Å². The van der Waals surface area contributed by atoms with Gasteiger partial charge in [-0.05, 0) is 55.3 Å². The first-order valence-corrected chi connectivity index (χ1v) is 9.95. The molecule has 1 saturated heterocycles. The first kappa shape index (κ1) is 19.8. The highest BCUT2D eigenvalue weighted by Gasteiger charge is 2.33. The van der Waals surface area contributed by atoms with E-state index in [0.29, 0.717) is 29.5 Å². The third-order valence-electron chi connectivity index (χ3n) is 5.03. The molecule has 30 heavy (non-hydrogen) atoms. The van der Waals surface area contributed by atoms with Gasteiger partial charge in [-0.1, -0.05) is 23.7 Å². The number of nitrogens with zero attached hydrogens (tertiary/aromatic N) is 3. The number of hydrogen-bond acceptors (Lipinski definition) is 5. The quantitative estimate of drug-likeness (QED) is 0.655. The highest BCUT2D eigenvalue weighted by molar-refractivity contribution is 6.30. The van der Waals surface area contributed by atoms with Gasteiger partial charge in [-0.2, -0.15) is 0 Å². The summed E-state index contributed by atoms with van der Waals surface area (Å²) in [5.74, 6) is -0.212. The topological polar surface area (TPSA) is 101 Å². The van der Waals surface area contributed by atoms with Crippen molar-refractivity contribution in [1.82, 2.24) is 14.9 Å². The van der Waals surface area contributed by atoms with Gasteiger partial charge in [0.05, 0.1) is 5.69 Å². The van der Waals surface area contributed by atoms with Gasteiger partial charge in [0.2, 0.25) is 11.9 Å². The predicted molar refractivity (Wildman–Crippen MR) is 115 cm³/mol. The molecular weight excluding hydrogens is 402 g/mol. The summed E-state index contributed by atoms with van der Waals surface area (Å²) in [7, 11) is 0. The number of primary amides is 1. The van der Waals surface area contributed by atoms with Crippen molar-refractivity contribution in [3.63, 3.8) is 0 Å². The van der Waals surface area contributed by atoms with Gasteiger partial charge in [0.1, 0.15) is 6.04 Å². The summed E-state index contributed by atoms with van der Waals surface area (Å²) in [6.07, 6.45) is 3.07. The van der Waals surface area contributed by atoms with E-state index in [9.17, 15) is 9.59 Å². The average Bonchev–Trinajstić information content (AvgIpc) is 3.25. The van der Waals surface area contributed by atoms with E-state index in [1.165, 1.54) is 0 Å². The standard InChI is InChI=1S/C22H20ClN5O2/c23-16-7-3-14(4-8-16)18-11-12-25-22(27-18)26-17-9-5-15(6-10-17)21(30)28-13-1-2-19(28)20(24)29/h3-12,19H,1-2,13H2,(H2,24,29)(H,25,26,27)/t19-/m1/s1. The van der Waals surface area contributed by atoms with Crippen molar-refractivity contribution in [2.24, 2.45) is 5.73 Å². The number of rotatable bonds is 5. The SMILES string of the molecule is NC(=O)[C@H]1CCCN1C(=O)c1ccc(Nc2nccc(-c3ccc(Cl)cc3)n2)cc1. The van der Waals surface area contributed by atoms with E-state index < -0.39 is 11.9 Å². The number of carbonyl (C=O) groups excluding carboxylic acids is 2. The third kappa shape index (κ3) is 4.26. The number of aromatic nitrogens is 2. The minimum Gasteiger partial charge on any atom is -0.368 e. The van der Waals surface area contributed by atoms with Crippen LogP contribution in [0, 0.1) is 0 Å². The maximum absolute atomic E-state index is 12.7. The summed E-state index contributed by atoms with van der Waals surface area (Å²) in [5.41, 5.74) is 8.36. The number of halogens is 1. The van der Waals surface area contributed by atoms with Gasteiger partial charge in [0.25, 0.3) is 5.91 Å². The number of amides is 2. The van der Waals surface area contributed by atoms with Crippen LogP contribution < -0.4 is 11.1 Å². The molecule has 0 radical (unpaired) electrons. The van der Waals surface area contributed by atoms with Crippen molar-refractivity contribution in [2.45, 2.75) is 18.9 Å². The maximum Gasteiger partial charge on any atom is 0.254 e. The molecule has 1 aliphatic rings. The Hall–Kier alpha value is -3.45. The Bertz CT molecular complexity index is 1070. The molecule has 7 nitrogen and oxygen atoms in total. The fraction of sp³-hybridized carbons (Fsp3) is 0.182. The fourth-order valence-corrected chi connectivity index (χ4v) is 3.62. The van der Waals surface area contributed by atoms with Crippen LogP contribution in [0.4, 0.5) is 11.6 Å². The fourth-order valence-electron chi connectivity index (χ4n) is 3.50. The molecule has 4 rings (SSSR count). The van der Waals surface area contributed by atoms with Crippen molar-refractivity contribution in [3.8, 4) is 11.3 Å². The van der Waals surface area contributed by atoms with Crippen LogP contribution in [0.2, 0.25) is 5.02 Å². The van der Waals surface area contributed by atoms with Crippen molar-refractivity contribution >= 4 is 35.1 Å². The number of nitrogens with two attached hydrogens (primary N) is 1. The van der Waals surface area contributed by atoms with Crippen LogP contribution in [0.1, 0.15) is 23.2 Å². The molecule has 2 heterocycles. The average molecular weight is 422 g/mol. The molecule has 3 N–H and O–H groups in total. The van der Waals surface area contributed by atoms with Gasteiger partial charge in [-0.15, -0.1) is 0 Å². The zero-order chi connectivity index (χ0) is 21.1. The van der Waals surface area contributed by atoms with E-state index in [0.717, 1.165) is 23.4 Å². The summed E-state index contributed by atoms with van der Waals surface area (Å²) in [4.78, 5) is 34.6. The lowest BCUT2D eigenvalue weighted by atomic mass is 10.1. The van der Waals surface area contributed by atoms with Gasteiger partial charge in [-0.3, -0.25) is 9.59 Å². The van der Waals surface area contributed by atoms with Crippen LogP contribution in [0.25, 0.3) is 11.3 Å². The monoisotopic (exact) mass is 421 g/mol. The first-order valence-electron chi connectivity index (χ1n) is 9.57. The lowest BCUT2D eigenvalue weighted by Crippen LogP contribution is -2.43. The zero-order valence-electron chi connectivity index (χ0n) is 16.1. The number of carbonyl (C=O) groups is 2. The van der Waals surface area contributed by atoms with Crippen molar-refractivity contribution < 1.29 is 9.59 Å². The highest BCUT2D eigenvalue weighted by atomic mass is 35.5. The van der Waals surface area contributed by atoms with Crippen LogP contribution in [0.3, 0.4) is 0 Å². The molecule has 3 aromatic rings. The number of likely N-dealkylation sites (tertiary alicyclic amines) is 1. The number of hydrogen-bond donors (Lipinski definition) is 2. The van der Waals surface area contributed by atoms with Gasteiger partial charge in [-0.25, -0.2) is 9.97 Å². The van der Waals surface area contributed by atoms with E-state index in [-0.39, 0.29) is 5.91 Å². The molecule has 0 unspecified atom stereocenters. The lowest BCUT2D eigenvalue weighted by molar-refractivity contribution is -0.121. The summed E-state index contributed by atoms with van der Waals surface area (Å²) in [6, 6.07) is 15.7. The van der Waals surface area contributed by atoms with Crippen molar-refractivity contribution in [1.29, 1.82) is 0 Å². The molecule has 0 aliphatic carbocycles. The molecule has 1 atom stereocenters. The highest BCUT2D eigenvalue weighted by Crippen LogP contribution is 2.23. The molecule has 0 spiro atoms. The van der Waals surface area contributed by atoms with E-state index in [1.54, 1.807) is 35.4 Å². The minimum absolute atomic E-state index is 0.191. The second kappa shape index (κ2) is 8.51. The second-order valence-corrected chi connectivity index (χ2v) is 7.47. The van der Waals surface area contributed by atoms with Gasteiger partial charge in [0, 0.05) is 34.6 Å². The molecular formula is C22H20ClN5O2. The summed E-state index contributed by atoms with van der Waals surface area (Å²) in [6.45, 7) is 0.539. The Morgan fingerprint density at radius 1 is 1.07 bits per heavy atom. The normalized spacial score (nSPS) is 15.8. The van der Waals surface area contributed by atoms with Gasteiger partial charge >= 0.3 is 0 Å². The van der Waals surface area contributed by atoms with Gasteiger partial charge in [0.15, 0.2) is 0 Å². The second-order valence-electron chi connectivity index (χ2n) is 7.03. The van der Waals surface area contributed by atoms with E-state index >= 15 is 0 Å². The Balaban J connectivity index is 1.47. The minimum atomic E-state index is -0.528. The third-order valence-corrected chi connectivity index (χ3v) is 5.28. The van der Waals surface area contributed by atoms with E-state index in [1.807, 2.05) is 30.3 Å². The molecule has 0 saturated carbocycles. The zero-order valence-corrected chi connectivity index (χ0v) is 16.8. The molecule has 1 aromatic heterocycles. The number of anilines is 2. The summed E-state index contributed by atoms with van der Waals surface area (Å²) >= 11 is 5.94. The Morgan fingerprint density at radius 3 is 2.50 bits per heavy atom. The summed E-state index contributed by atoms with van der Waals surface area (Å²) in [5, 5.41) is 3.80. The Kier molecular flexibility index (Phi) is 5.63. The first-order chi connectivity index (χ1) is 14.5. The Morgan fingerprint density at radius 2 is 1.80 bits per heavy atom.